The number of anilines is 1. The highest BCUT2D eigenvalue weighted by atomic mass is 32.1. The molecule has 5 aromatic rings. The molecule has 1 saturated carbocycles. The van der Waals surface area contributed by atoms with Gasteiger partial charge in [-0.1, -0.05) is 0 Å². The Bertz CT molecular complexity index is 1860. The zero-order chi connectivity index (χ0) is 31.0. The van der Waals surface area contributed by atoms with E-state index in [4.69, 9.17) is 18.9 Å². The molecular weight excluding hydrogens is 601 g/mol. The molecule has 1 fully saturated rings. The summed E-state index contributed by atoms with van der Waals surface area (Å²) in [4.78, 5) is 33.9. The molecule has 15 heteroatoms. The smallest absolute Gasteiger partial charge is 0.412 e. The first-order valence-corrected chi connectivity index (χ1v) is 14.2. The van der Waals surface area contributed by atoms with Crippen LogP contribution in [0.5, 0.6) is 17.6 Å². The lowest BCUT2D eigenvalue weighted by atomic mass is 9.91. The normalized spacial score (nSPS) is 17.8. The van der Waals surface area contributed by atoms with Crippen molar-refractivity contribution in [3.8, 4) is 28.2 Å². The molecule has 3 heterocycles. The predicted molar refractivity (Wildman–Crippen MR) is 155 cm³/mol. The molecule has 0 aliphatic heterocycles. The number of alkyl halides is 2. The molecule has 2 aromatic carbocycles. The van der Waals surface area contributed by atoms with Crippen LogP contribution in [0.3, 0.4) is 0 Å². The highest BCUT2D eigenvalue weighted by Crippen LogP contribution is 2.40. The molecule has 44 heavy (non-hydrogen) atoms. The van der Waals surface area contributed by atoms with E-state index in [1.165, 1.54) is 56.3 Å². The summed E-state index contributed by atoms with van der Waals surface area (Å²) >= 11 is 1.26. The van der Waals surface area contributed by atoms with Crippen molar-refractivity contribution in [2.24, 2.45) is 0 Å². The third-order valence-corrected chi connectivity index (χ3v) is 8.00. The van der Waals surface area contributed by atoms with Gasteiger partial charge in [-0.15, -0.1) is 11.3 Å². The van der Waals surface area contributed by atoms with Gasteiger partial charge in [0.15, 0.2) is 11.6 Å². The van der Waals surface area contributed by atoms with Gasteiger partial charge < -0.3 is 18.9 Å². The summed E-state index contributed by atoms with van der Waals surface area (Å²) in [5.74, 6) is -3.77. The number of carbonyl (C=O) groups excluding carboxylic acids is 1. The van der Waals surface area contributed by atoms with Gasteiger partial charge >= 0.3 is 12.1 Å². The molecule has 228 valence electrons. The van der Waals surface area contributed by atoms with Gasteiger partial charge in [0.1, 0.15) is 17.2 Å². The minimum Gasteiger partial charge on any atom is -0.483 e. The lowest BCUT2D eigenvalue weighted by Crippen LogP contribution is -2.45. The number of ether oxygens (including phenoxy) is 4. The number of rotatable bonds is 7. The predicted octanol–water partition coefficient (Wildman–Crippen LogP) is 6.35. The molecule has 0 spiro atoms. The quantitative estimate of drug-likeness (QED) is 0.218. The van der Waals surface area contributed by atoms with Crippen molar-refractivity contribution in [2.45, 2.75) is 44.3 Å². The van der Waals surface area contributed by atoms with E-state index in [-0.39, 0.29) is 23.9 Å². The van der Waals surface area contributed by atoms with Gasteiger partial charge in [-0.05, 0) is 31.0 Å². The van der Waals surface area contributed by atoms with Gasteiger partial charge in [0.2, 0.25) is 5.88 Å². The Kier molecular flexibility index (Phi) is 7.80. The molecule has 6 rings (SSSR count). The maximum Gasteiger partial charge on any atom is 0.412 e. The summed E-state index contributed by atoms with van der Waals surface area (Å²) in [5, 5.41) is 3.00. The first kappa shape index (κ1) is 29.3. The van der Waals surface area contributed by atoms with E-state index < -0.39 is 42.9 Å². The van der Waals surface area contributed by atoms with Crippen LogP contribution in [0.15, 0.2) is 42.9 Å². The van der Waals surface area contributed by atoms with Crippen molar-refractivity contribution in [2.75, 3.05) is 19.5 Å². The summed E-state index contributed by atoms with van der Waals surface area (Å²) in [6.45, 7) is 1.91. The standard InChI is InChI=1S/C29H25F3N6O5S/c1-14-6-16(25-19(7-14)37-24(40-2)13-33-25)26-38-18-8-17(30)21(9-23(18)44-26)42-22-10-29(31,32)5-4-20(22)43-28(39)36-15-11-34-27(41-3)35-12-15/h6-9,11-13,20,22H,4-5,10H2,1-3H3,(H,36,39)/t20-,22+/m0/s1. The van der Waals surface area contributed by atoms with Gasteiger partial charge in [0, 0.05) is 24.1 Å². The van der Waals surface area contributed by atoms with E-state index >= 15 is 4.39 Å². The second-order valence-corrected chi connectivity index (χ2v) is 11.2. The van der Waals surface area contributed by atoms with Crippen LogP contribution in [-0.2, 0) is 4.74 Å². The van der Waals surface area contributed by atoms with E-state index in [0.29, 0.717) is 37.7 Å². The summed E-state index contributed by atoms with van der Waals surface area (Å²) in [6, 6.07) is 6.48. The molecule has 0 bridgehead atoms. The zero-order valence-corrected chi connectivity index (χ0v) is 24.5. The fourth-order valence-corrected chi connectivity index (χ4v) is 5.89. The van der Waals surface area contributed by atoms with Gasteiger partial charge in [-0.25, -0.2) is 42.9 Å². The third kappa shape index (κ3) is 6.13. The van der Waals surface area contributed by atoms with Crippen molar-refractivity contribution in [1.29, 1.82) is 0 Å². The first-order valence-electron chi connectivity index (χ1n) is 13.4. The Morgan fingerprint density at radius 3 is 2.55 bits per heavy atom. The average molecular weight is 627 g/mol. The number of hydrogen-bond donors (Lipinski definition) is 1. The second-order valence-electron chi connectivity index (χ2n) is 10.1. The Balaban J connectivity index is 1.25. The maximum atomic E-state index is 15.3. The monoisotopic (exact) mass is 626 g/mol. The highest BCUT2D eigenvalue weighted by Gasteiger charge is 2.45. The summed E-state index contributed by atoms with van der Waals surface area (Å²) in [5.41, 5.74) is 3.38. The molecule has 1 aliphatic rings. The molecular formula is C29H25F3N6O5S. The van der Waals surface area contributed by atoms with Crippen molar-refractivity contribution in [3.63, 3.8) is 0 Å². The van der Waals surface area contributed by atoms with Gasteiger partial charge in [-0.2, -0.15) is 0 Å². The number of methoxy groups -OCH3 is 2. The summed E-state index contributed by atoms with van der Waals surface area (Å²) < 4.78 is 66.1. The van der Waals surface area contributed by atoms with Gasteiger partial charge in [0.25, 0.3) is 5.92 Å². The molecule has 3 aromatic heterocycles. The van der Waals surface area contributed by atoms with Crippen molar-refractivity contribution < 1.29 is 36.9 Å². The fourth-order valence-electron chi connectivity index (χ4n) is 4.90. The number of carbonyl (C=O) groups is 1. The van der Waals surface area contributed by atoms with Crippen LogP contribution in [0.4, 0.5) is 23.7 Å². The molecule has 2 atom stereocenters. The van der Waals surface area contributed by atoms with Crippen LogP contribution in [0.1, 0.15) is 24.8 Å². The van der Waals surface area contributed by atoms with E-state index in [9.17, 15) is 13.6 Å². The number of amides is 1. The van der Waals surface area contributed by atoms with Crippen molar-refractivity contribution in [1.82, 2.24) is 24.9 Å². The van der Waals surface area contributed by atoms with Crippen LogP contribution in [0.2, 0.25) is 0 Å². The van der Waals surface area contributed by atoms with E-state index in [1.807, 2.05) is 19.1 Å². The van der Waals surface area contributed by atoms with E-state index in [0.717, 1.165) is 5.56 Å². The second kappa shape index (κ2) is 11.7. The Hall–Kier alpha value is -4.79. The Morgan fingerprint density at radius 2 is 1.80 bits per heavy atom. The molecule has 1 N–H and O–H groups in total. The highest BCUT2D eigenvalue weighted by molar-refractivity contribution is 7.21. The first-order chi connectivity index (χ1) is 21.1. The minimum atomic E-state index is -3.08. The number of aryl methyl sites for hydroxylation is 1. The number of fused-ring (bicyclic) bond motifs is 2. The zero-order valence-electron chi connectivity index (χ0n) is 23.6. The fraction of sp³-hybridized carbons (Fsp3) is 0.310. The largest absolute Gasteiger partial charge is 0.483 e. The van der Waals surface area contributed by atoms with Crippen molar-refractivity contribution >= 4 is 44.4 Å². The Morgan fingerprint density at radius 1 is 1.00 bits per heavy atom. The molecule has 11 nitrogen and oxygen atoms in total. The number of halogens is 3. The van der Waals surface area contributed by atoms with Crippen LogP contribution < -0.4 is 19.5 Å². The molecule has 1 aliphatic carbocycles. The average Bonchev–Trinajstić information content (AvgIpc) is 3.40. The van der Waals surface area contributed by atoms with Crippen LogP contribution in [-0.4, -0.2) is 63.4 Å². The summed E-state index contributed by atoms with van der Waals surface area (Å²) in [7, 11) is 2.90. The number of aromatic nitrogens is 5. The van der Waals surface area contributed by atoms with Crippen LogP contribution in [0, 0.1) is 12.7 Å². The number of nitrogens with one attached hydrogen (secondary N) is 1. The molecule has 1 amide bonds. The molecule has 0 unspecified atom stereocenters. The van der Waals surface area contributed by atoms with Crippen LogP contribution in [0.25, 0.3) is 31.8 Å². The SMILES string of the molecule is COc1cnc2c(-c3nc4cc(F)c(O[C@@H]5CC(F)(F)CC[C@@H]5OC(=O)Nc5cnc(OC)nc5)cc4s3)cc(C)cc2n1. The van der Waals surface area contributed by atoms with Crippen molar-refractivity contribution in [3.05, 3.63) is 54.2 Å². The van der Waals surface area contributed by atoms with Gasteiger partial charge in [-0.3, -0.25) is 5.32 Å². The lowest BCUT2D eigenvalue weighted by molar-refractivity contribution is -0.114. The summed E-state index contributed by atoms with van der Waals surface area (Å²) in [6.07, 6.45) is -0.683. The third-order valence-electron chi connectivity index (χ3n) is 6.95. The topological polar surface area (TPSA) is 130 Å². The minimum absolute atomic E-state index is 0.0977. The Labute approximate surface area is 252 Å². The molecule has 0 saturated heterocycles. The molecule has 0 radical (unpaired) electrons. The lowest BCUT2D eigenvalue weighted by Gasteiger charge is -2.35. The number of nitrogens with zero attached hydrogens (tertiary/aromatic N) is 5. The maximum absolute atomic E-state index is 15.3. The van der Waals surface area contributed by atoms with E-state index in [2.05, 4.69) is 30.2 Å². The number of thiazole rings is 1. The number of benzene rings is 2. The van der Waals surface area contributed by atoms with Crippen LogP contribution >= 0.6 is 11.3 Å². The van der Waals surface area contributed by atoms with Gasteiger partial charge in [0.05, 0.1) is 66.2 Å². The van der Waals surface area contributed by atoms with E-state index in [1.54, 1.807) is 0 Å². The number of hydrogen-bond acceptors (Lipinski definition) is 11.